The molecule has 1 heterocycles. The topological polar surface area (TPSA) is 37.8 Å². The van der Waals surface area contributed by atoms with Gasteiger partial charge in [-0.15, -0.1) is 0 Å². The van der Waals surface area contributed by atoms with Crippen LogP contribution in [-0.2, 0) is 0 Å². The van der Waals surface area contributed by atoms with Gasteiger partial charge in [-0.05, 0) is 36.2 Å². The van der Waals surface area contributed by atoms with Crippen molar-refractivity contribution in [1.29, 1.82) is 0 Å². The average Bonchev–Trinajstić information content (AvgIpc) is 2.52. The van der Waals surface area contributed by atoms with Crippen LogP contribution >= 0.6 is 23.2 Å². The minimum atomic E-state index is 0.520. The van der Waals surface area contributed by atoms with E-state index in [-0.39, 0.29) is 0 Å². The summed E-state index contributed by atoms with van der Waals surface area (Å²) in [7, 11) is 0. The first-order valence-electron chi connectivity index (χ1n) is 7.50. The zero-order valence-corrected chi connectivity index (χ0v) is 14.5. The Bertz CT molecular complexity index is 847. The van der Waals surface area contributed by atoms with Crippen LogP contribution < -0.4 is 5.32 Å². The lowest BCUT2D eigenvalue weighted by Gasteiger charge is -2.13. The molecule has 1 aromatic heterocycles. The molecular weight excluding hydrogens is 329 g/mol. The maximum Gasteiger partial charge on any atom is 0.163 e. The number of fused-ring (bicyclic) bond motifs is 1. The molecule has 23 heavy (non-hydrogen) atoms. The molecule has 118 valence electrons. The Morgan fingerprint density at radius 1 is 1.04 bits per heavy atom. The van der Waals surface area contributed by atoms with Crippen LogP contribution in [0, 0.1) is 5.92 Å². The Morgan fingerprint density at radius 3 is 2.57 bits per heavy atom. The van der Waals surface area contributed by atoms with Crippen molar-refractivity contribution in [1.82, 2.24) is 9.97 Å². The number of halogens is 2. The van der Waals surface area contributed by atoms with E-state index in [1.165, 1.54) is 0 Å². The fourth-order valence-corrected chi connectivity index (χ4v) is 2.80. The van der Waals surface area contributed by atoms with Crippen molar-refractivity contribution in [3.05, 3.63) is 52.5 Å². The standard InChI is InChI=1S/C18H17Cl2N3/c1-11(2)10-21-17-14-5-3-4-6-16(14)22-18(23-17)13-8-7-12(19)9-15(13)20/h3-9,11H,10H2,1-2H3,(H,21,22,23). The molecule has 5 heteroatoms. The zero-order valence-electron chi connectivity index (χ0n) is 13.0. The van der Waals surface area contributed by atoms with Crippen LogP contribution in [-0.4, -0.2) is 16.5 Å². The van der Waals surface area contributed by atoms with Gasteiger partial charge >= 0.3 is 0 Å². The number of rotatable bonds is 4. The van der Waals surface area contributed by atoms with Gasteiger partial charge in [-0.1, -0.05) is 49.2 Å². The largest absolute Gasteiger partial charge is 0.369 e. The van der Waals surface area contributed by atoms with Crippen LogP contribution in [0.15, 0.2) is 42.5 Å². The molecule has 0 bridgehead atoms. The third-order valence-electron chi connectivity index (χ3n) is 3.45. The van der Waals surface area contributed by atoms with Crippen molar-refractivity contribution in [2.24, 2.45) is 5.92 Å². The van der Waals surface area contributed by atoms with Crippen LogP contribution in [0.2, 0.25) is 10.0 Å². The highest BCUT2D eigenvalue weighted by Crippen LogP contribution is 2.31. The number of nitrogens with zero attached hydrogens (tertiary/aromatic N) is 2. The molecule has 0 aliphatic heterocycles. The minimum Gasteiger partial charge on any atom is -0.369 e. The molecule has 0 saturated heterocycles. The van der Waals surface area contributed by atoms with E-state index < -0.39 is 0 Å². The second-order valence-electron chi connectivity index (χ2n) is 5.81. The fraction of sp³-hybridized carbons (Fsp3) is 0.222. The lowest BCUT2D eigenvalue weighted by atomic mass is 10.1. The van der Waals surface area contributed by atoms with Crippen molar-refractivity contribution in [2.45, 2.75) is 13.8 Å². The Labute approximate surface area is 145 Å². The van der Waals surface area contributed by atoms with Gasteiger partial charge in [0.25, 0.3) is 0 Å². The van der Waals surface area contributed by atoms with Crippen molar-refractivity contribution in [2.75, 3.05) is 11.9 Å². The summed E-state index contributed by atoms with van der Waals surface area (Å²) in [6.07, 6.45) is 0. The normalized spacial score (nSPS) is 11.2. The summed E-state index contributed by atoms with van der Waals surface area (Å²) in [6.45, 7) is 5.16. The smallest absolute Gasteiger partial charge is 0.163 e. The number of nitrogens with one attached hydrogen (secondary N) is 1. The summed E-state index contributed by atoms with van der Waals surface area (Å²) >= 11 is 12.3. The number of para-hydroxylation sites is 1. The number of hydrogen-bond acceptors (Lipinski definition) is 3. The van der Waals surface area contributed by atoms with Gasteiger partial charge in [0.05, 0.1) is 10.5 Å². The van der Waals surface area contributed by atoms with Gasteiger partial charge in [-0.2, -0.15) is 0 Å². The second-order valence-corrected chi connectivity index (χ2v) is 6.66. The third kappa shape index (κ3) is 3.57. The molecule has 0 spiro atoms. The van der Waals surface area contributed by atoms with Crippen molar-refractivity contribution in [3.8, 4) is 11.4 Å². The summed E-state index contributed by atoms with van der Waals surface area (Å²) in [5.41, 5.74) is 1.66. The predicted octanol–water partition coefficient (Wildman–Crippen LogP) is 5.67. The van der Waals surface area contributed by atoms with E-state index in [2.05, 4.69) is 29.1 Å². The van der Waals surface area contributed by atoms with E-state index in [9.17, 15) is 0 Å². The minimum absolute atomic E-state index is 0.520. The summed E-state index contributed by atoms with van der Waals surface area (Å²) < 4.78 is 0. The summed E-state index contributed by atoms with van der Waals surface area (Å²) in [5, 5.41) is 5.55. The molecule has 0 fully saturated rings. The first-order chi connectivity index (χ1) is 11.0. The van der Waals surface area contributed by atoms with Crippen molar-refractivity contribution >= 4 is 39.9 Å². The van der Waals surface area contributed by atoms with Gasteiger partial charge in [0.2, 0.25) is 0 Å². The van der Waals surface area contributed by atoms with Gasteiger partial charge in [-0.25, -0.2) is 9.97 Å². The van der Waals surface area contributed by atoms with Crippen LogP contribution in [0.1, 0.15) is 13.8 Å². The third-order valence-corrected chi connectivity index (χ3v) is 4.00. The number of hydrogen-bond donors (Lipinski definition) is 1. The Kier molecular flexibility index (Phi) is 4.69. The van der Waals surface area contributed by atoms with E-state index in [1.54, 1.807) is 12.1 Å². The van der Waals surface area contributed by atoms with Crippen molar-refractivity contribution in [3.63, 3.8) is 0 Å². The van der Waals surface area contributed by atoms with Crippen LogP contribution in [0.4, 0.5) is 5.82 Å². The van der Waals surface area contributed by atoms with E-state index >= 15 is 0 Å². The number of benzene rings is 2. The van der Waals surface area contributed by atoms with E-state index in [0.29, 0.717) is 21.8 Å². The highest BCUT2D eigenvalue weighted by Gasteiger charge is 2.12. The van der Waals surface area contributed by atoms with Gasteiger partial charge < -0.3 is 5.32 Å². The molecule has 2 aromatic carbocycles. The zero-order chi connectivity index (χ0) is 16.4. The molecule has 3 nitrogen and oxygen atoms in total. The predicted molar refractivity (Wildman–Crippen MR) is 98.3 cm³/mol. The molecular formula is C18H17Cl2N3. The maximum absolute atomic E-state index is 6.31. The molecule has 1 N–H and O–H groups in total. The average molecular weight is 346 g/mol. The lowest BCUT2D eigenvalue weighted by Crippen LogP contribution is -2.10. The summed E-state index contributed by atoms with van der Waals surface area (Å²) in [5.74, 6) is 1.94. The Balaban J connectivity index is 2.14. The quantitative estimate of drug-likeness (QED) is 0.661. The highest BCUT2D eigenvalue weighted by atomic mass is 35.5. The number of aromatic nitrogens is 2. The molecule has 3 rings (SSSR count). The second kappa shape index (κ2) is 6.73. The van der Waals surface area contributed by atoms with Gasteiger partial charge in [-0.3, -0.25) is 0 Å². The summed E-state index contributed by atoms with van der Waals surface area (Å²) in [4.78, 5) is 9.33. The first-order valence-corrected chi connectivity index (χ1v) is 8.26. The van der Waals surface area contributed by atoms with Crippen LogP contribution in [0.5, 0.6) is 0 Å². The van der Waals surface area contributed by atoms with E-state index in [0.717, 1.165) is 28.8 Å². The Hall–Kier alpha value is -1.84. The van der Waals surface area contributed by atoms with Gasteiger partial charge in [0.1, 0.15) is 5.82 Å². The Morgan fingerprint density at radius 2 is 1.83 bits per heavy atom. The van der Waals surface area contributed by atoms with E-state index in [4.69, 9.17) is 23.2 Å². The van der Waals surface area contributed by atoms with Gasteiger partial charge in [0.15, 0.2) is 5.82 Å². The number of anilines is 1. The van der Waals surface area contributed by atoms with Crippen LogP contribution in [0.25, 0.3) is 22.3 Å². The monoisotopic (exact) mass is 345 g/mol. The molecule has 0 atom stereocenters. The maximum atomic E-state index is 6.31. The molecule has 0 saturated carbocycles. The molecule has 3 aromatic rings. The molecule has 0 aliphatic rings. The van der Waals surface area contributed by atoms with E-state index in [1.807, 2.05) is 30.3 Å². The molecule has 0 aliphatic carbocycles. The molecule has 0 unspecified atom stereocenters. The SMILES string of the molecule is CC(C)CNc1nc(-c2ccc(Cl)cc2Cl)nc2ccccc12. The fourth-order valence-electron chi connectivity index (χ4n) is 2.30. The molecule has 0 radical (unpaired) electrons. The van der Waals surface area contributed by atoms with Crippen LogP contribution in [0.3, 0.4) is 0 Å². The lowest BCUT2D eigenvalue weighted by molar-refractivity contribution is 0.687. The highest BCUT2D eigenvalue weighted by molar-refractivity contribution is 6.36. The van der Waals surface area contributed by atoms with Gasteiger partial charge in [0, 0.05) is 22.5 Å². The van der Waals surface area contributed by atoms with Crippen molar-refractivity contribution < 1.29 is 0 Å². The summed E-state index contributed by atoms with van der Waals surface area (Å²) in [6, 6.07) is 13.3. The molecule has 0 amide bonds. The first kappa shape index (κ1) is 16.0.